The standard InChI is InChI=1S/C19H22F3N3O4S2/c1-4-25(5-2)31(27,28)16-10-11-17(23-12-16)30-13(3)18(26)24-14-6-8-15(9-7-14)29-19(20,21)22/h6-13H,4-5H2,1-3H3,(H,24,26)/t13-/m1/s1. The highest BCUT2D eigenvalue weighted by Crippen LogP contribution is 2.26. The van der Waals surface area contributed by atoms with Crippen molar-refractivity contribution in [1.29, 1.82) is 0 Å². The van der Waals surface area contributed by atoms with Gasteiger partial charge < -0.3 is 10.1 Å². The number of amides is 1. The normalized spacial score (nSPS) is 13.1. The third-order valence-corrected chi connectivity index (χ3v) is 7.16. The molecule has 0 aliphatic rings. The van der Waals surface area contributed by atoms with Crippen molar-refractivity contribution in [2.24, 2.45) is 0 Å². The lowest BCUT2D eigenvalue weighted by atomic mass is 10.3. The van der Waals surface area contributed by atoms with E-state index in [1.165, 1.54) is 34.8 Å². The van der Waals surface area contributed by atoms with Crippen LogP contribution in [-0.2, 0) is 14.8 Å². The van der Waals surface area contributed by atoms with Crippen molar-refractivity contribution in [1.82, 2.24) is 9.29 Å². The number of sulfonamides is 1. The Labute approximate surface area is 183 Å². The molecule has 170 valence electrons. The molecule has 0 saturated carbocycles. The number of rotatable bonds is 9. The highest BCUT2D eigenvalue weighted by atomic mass is 32.2. The molecule has 1 atom stereocenters. The number of benzene rings is 1. The molecule has 7 nitrogen and oxygen atoms in total. The van der Waals surface area contributed by atoms with Crippen molar-refractivity contribution in [2.45, 2.75) is 42.3 Å². The summed E-state index contributed by atoms with van der Waals surface area (Å²) < 4.78 is 66.6. The minimum Gasteiger partial charge on any atom is -0.406 e. The van der Waals surface area contributed by atoms with E-state index < -0.39 is 33.3 Å². The first-order chi connectivity index (χ1) is 14.5. The van der Waals surface area contributed by atoms with E-state index in [2.05, 4.69) is 15.0 Å². The van der Waals surface area contributed by atoms with E-state index in [-0.39, 0.29) is 4.90 Å². The van der Waals surface area contributed by atoms with E-state index in [4.69, 9.17) is 0 Å². The topological polar surface area (TPSA) is 88.6 Å². The summed E-state index contributed by atoms with van der Waals surface area (Å²) in [6.07, 6.45) is -3.54. The Balaban J connectivity index is 1.98. The highest BCUT2D eigenvalue weighted by molar-refractivity contribution is 8.00. The quantitative estimate of drug-likeness (QED) is 0.547. The molecule has 12 heteroatoms. The molecule has 0 bridgehead atoms. The first-order valence-electron chi connectivity index (χ1n) is 9.25. The van der Waals surface area contributed by atoms with Gasteiger partial charge in [0.2, 0.25) is 15.9 Å². The second-order valence-corrected chi connectivity index (χ2v) is 9.54. The van der Waals surface area contributed by atoms with E-state index in [1.54, 1.807) is 20.8 Å². The molecule has 1 heterocycles. The van der Waals surface area contributed by atoms with Gasteiger partial charge in [0.15, 0.2) is 0 Å². The van der Waals surface area contributed by atoms with Gasteiger partial charge >= 0.3 is 6.36 Å². The number of halogens is 3. The molecule has 0 spiro atoms. The third-order valence-electron chi connectivity index (χ3n) is 4.07. The lowest BCUT2D eigenvalue weighted by Gasteiger charge is -2.18. The van der Waals surface area contributed by atoms with Gasteiger partial charge in [0.05, 0.1) is 10.3 Å². The van der Waals surface area contributed by atoms with Crippen molar-refractivity contribution in [3.8, 4) is 5.75 Å². The Bertz CT molecular complexity index is 978. The number of carbonyl (C=O) groups is 1. The molecule has 1 N–H and O–H groups in total. The molecule has 1 amide bonds. The molecule has 0 unspecified atom stereocenters. The van der Waals surface area contributed by atoms with Gasteiger partial charge in [-0.3, -0.25) is 4.79 Å². The van der Waals surface area contributed by atoms with Gasteiger partial charge in [-0.1, -0.05) is 25.6 Å². The zero-order valence-corrected chi connectivity index (χ0v) is 18.6. The van der Waals surface area contributed by atoms with Crippen LogP contribution in [0.5, 0.6) is 5.75 Å². The first-order valence-corrected chi connectivity index (χ1v) is 11.6. The Morgan fingerprint density at radius 1 is 1.16 bits per heavy atom. The number of anilines is 1. The Morgan fingerprint density at radius 2 is 1.77 bits per heavy atom. The fourth-order valence-electron chi connectivity index (χ4n) is 2.52. The van der Waals surface area contributed by atoms with E-state index >= 15 is 0 Å². The molecule has 31 heavy (non-hydrogen) atoms. The Morgan fingerprint density at radius 3 is 2.26 bits per heavy atom. The molecule has 2 aromatic rings. The Kier molecular flexibility index (Phi) is 8.32. The number of thioether (sulfide) groups is 1. The summed E-state index contributed by atoms with van der Waals surface area (Å²) in [4.78, 5) is 16.5. The maximum Gasteiger partial charge on any atom is 0.573 e. The molecule has 0 fully saturated rings. The van der Waals surface area contributed by atoms with Crippen molar-refractivity contribution >= 4 is 33.4 Å². The zero-order valence-electron chi connectivity index (χ0n) is 17.0. The smallest absolute Gasteiger partial charge is 0.406 e. The number of nitrogens with one attached hydrogen (secondary N) is 1. The average Bonchev–Trinajstić information content (AvgIpc) is 2.69. The largest absolute Gasteiger partial charge is 0.573 e. The predicted molar refractivity (Wildman–Crippen MR) is 111 cm³/mol. The molecular formula is C19H22F3N3O4S2. The third kappa shape index (κ3) is 7.11. The Hall–Kier alpha value is -2.31. The number of aromatic nitrogens is 1. The van der Waals surface area contributed by atoms with Crippen LogP contribution in [0.25, 0.3) is 0 Å². The van der Waals surface area contributed by atoms with Gasteiger partial charge in [-0.15, -0.1) is 13.2 Å². The highest BCUT2D eigenvalue weighted by Gasteiger charge is 2.31. The number of hydrogen-bond acceptors (Lipinski definition) is 6. The van der Waals surface area contributed by atoms with Crippen LogP contribution in [0.1, 0.15) is 20.8 Å². The SMILES string of the molecule is CCN(CC)S(=O)(=O)c1ccc(S[C@H](C)C(=O)Nc2ccc(OC(F)(F)F)cc2)nc1. The number of ether oxygens (including phenoxy) is 1. The summed E-state index contributed by atoms with van der Waals surface area (Å²) in [6.45, 7) is 5.81. The zero-order chi connectivity index (χ0) is 23.2. The molecule has 2 rings (SSSR count). The van der Waals surface area contributed by atoms with Crippen LogP contribution in [-0.4, -0.2) is 48.3 Å². The summed E-state index contributed by atoms with van der Waals surface area (Å²) in [5, 5.41) is 2.45. The predicted octanol–water partition coefficient (Wildman–Crippen LogP) is 4.13. The summed E-state index contributed by atoms with van der Waals surface area (Å²) in [6, 6.07) is 7.74. The molecule has 1 aromatic heterocycles. The van der Waals surface area contributed by atoms with Crippen LogP contribution in [0.4, 0.5) is 18.9 Å². The van der Waals surface area contributed by atoms with E-state index in [9.17, 15) is 26.4 Å². The van der Waals surface area contributed by atoms with Crippen molar-refractivity contribution in [3.63, 3.8) is 0 Å². The lowest BCUT2D eigenvalue weighted by molar-refractivity contribution is -0.274. The van der Waals surface area contributed by atoms with Crippen LogP contribution in [0.2, 0.25) is 0 Å². The van der Waals surface area contributed by atoms with E-state index in [1.807, 2.05) is 0 Å². The minimum atomic E-state index is -4.79. The van der Waals surface area contributed by atoms with Crippen LogP contribution >= 0.6 is 11.8 Å². The number of nitrogens with zero attached hydrogens (tertiary/aromatic N) is 2. The lowest BCUT2D eigenvalue weighted by Crippen LogP contribution is -2.30. The molecule has 1 aromatic carbocycles. The molecular weight excluding hydrogens is 455 g/mol. The fraction of sp³-hybridized carbons (Fsp3) is 0.368. The van der Waals surface area contributed by atoms with Gasteiger partial charge in [-0.25, -0.2) is 13.4 Å². The molecule has 0 aliphatic carbocycles. The van der Waals surface area contributed by atoms with Gasteiger partial charge in [0.1, 0.15) is 10.6 Å². The second-order valence-electron chi connectivity index (χ2n) is 6.24. The first kappa shape index (κ1) is 25.0. The van der Waals surface area contributed by atoms with E-state index in [0.29, 0.717) is 23.8 Å². The minimum absolute atomic E-state index is 0.0684. The monoisotopic (exact) mass is 477 g/mol. The van der Waals surface area contributed by atoms with Crippen LogP contribution in [0.3, 0.4) is 0 Å². The fourth-order valence-corrected chi connectivity index (χ4v) is 4.71. The summed E-state index contributed by atoms with van der Waals surface area (Å²) in [7, 11) is -3.62. The van der Waals surface area contributed by atoms with Crippen molar-refractivity contribution < 1.29 is 31.1 Å². The summed E-state index contributed by atoms with van der Waals surface area (Å²) >= 11 is 1.12. The van der Waals surface area contributed by atoms with E-state index in [0.717, 1.165) is 23.9 Å². The van der Waals surface area contributed by atoms with Gasteiger partial charge in [-0.05, 0) is 43.3 Å². The number of pyridine rings is 1. The van der Waals surface area contributed by atoms with Crippen molar-refractivity contribution in [2.75, 3.05) is 18.4 Å². The van der Waals surface area contributed by atoms with Gasteiger partial charge in [0.25, 0.3) is 0 Å². The maximum absolute atomic E-state index is 12.5. The summed E-state index contributed by atoms with van der Waals surface area (Å²) in [5.74, 6) is -0.784. The second kappa shape index (κ2) is 10.3. The van der Waals surface area contributed by atoms with Crippen LogP contribution in [0.15, 0.2) is 52.5 Å². The molecule has 0 radical (unpaired) electrons. The number of alkyl halides is 3. The van der Waals surface area contributed by atoms with Crippen molar-refractivity contribution in [3.05, 3.63) is 42.6 Å². The maximum atomic E-state index is 12.5. The van der Waals surface area contributed by atoms with Crippen LogP contribution in [0, 0.1) is 0 Å². The number of hydrogen-bond donors (Lipinski definition) is 1. The molecule has 0 saturated heterocycles. The molecule has 0 aliphatic heterocycles. The van der Waals surface area contributed by atoms with Crippen LogP contribution < -0.4 is 10.1 Å². The number of carbonyl (C=O) groups excluding carboxylic acids is 1. The van der Waals surface area contributed by atoms with Gasteiger partial charge in [0, 0.05) is 25.0 Å². The average molecular weight is 478 g/mol. The summed E-state index contributed by atoms with van der Waals surface area (Å²) in [5.41, 5.74) is 0.306. The van der Waals surface area contributed by atoms with Gasteiger partial charge in [-0.2, -0.15) is 4.31 Å².